The second-order valence-electron chi connectivity index (χ2n) is 12.8. The van der Waals surface area contributed by atoms with Gasteiger partial charge in [0, 0.05) is 10.6 Å². The van der Waals surface area contributed by atoms with Crippen LogP contribution in [0.1, 0.15) is 76.0 Å². The molecular weight excluding hydrogens is 506 g/mol. The first kappa shape index (κ1) is 26.4. The highest BCUT2D eigenvalue weighted by Crippen LogP contribution is 2.65. The first-order valence-corrected chi connectivity index (χ1v) is 14.8. The van der Waals surface area contributed by atoms with E-state index in [4.69, 9.17) is 11.6 Å². The lowest BCUT2D eigenvalue weighted by Crippen LogP contribution is -2.50. The molecule has 2 fully saturated rings. The number of aliphatic carboxylic acids is 1. The zero-order valence-corrected chi connectivity index (χ0v) is 23.6. The average molecular weight is 544 g/mol. The Kier molecular flexibility index (Phi) is 6.74. The van der Waals surface area contributed by atoms with Crippen LogP contribution in [0.2, 0.25) is 5.02 Å². The van der Waals surface area contributed by atoms with E-state index in [0.29, 0.717) is 28.7 Å². The van der Waals surface area contributed by atoms with Crippen molar-refractivity contribution in [3.8, 4) is 0 Å². The predicted octanol–water partition coefficient (Wildman–Crippen LogP) is 7.75. The fraction of sp³-hybridized carbons (Fsp3) is 0.471. The molecule has 39 heavy (non-hydrogen) atoms. The van der Waals surface area contributed by atoms with E-state index in [-0.39, 0.29) is 16.9 Å². The Morgan fingerprint density at radius 2 is 1.69 bits per heavy atom. The molecule has 7 atom stereocenters. The number of amides is 1. The maximum Gasteiger partial charge on any atom is 0.332 e. The van der Waals surface area contributed by atoms with Crippen LogP contribution in [0.5, 0.6) is 0 Å². The highest BCUT2D eigenvalue weighted by Gasteiger charge is 2.57. The zero-order chi connectivity index (χ0) is 27.4. The SMILES string of the molecule is C[C@@]12CCC[C@H]1[C@@H]1CC=C3C=C(C(=O)O)C(C(=O)NC(c4ccccc4)c4ccc(Cl)cc4)C[C@]3(C)[C@H]1CC2. The van der Waals surface area contributed by atoms with Crippen LogP contribution >= 0.6 is 11.6 Å². The molecule has 4 nitrogen and oxygen atoms in total. The van der Waals surface area contributed by atoms with E-state index in [1.54, 1.807) is 0 Å². The number of rotatable bonds is 5. The highest BCUT2D eigenvalue weighted by atomic mass is 35.5. The minimum absolute atomic E-state index is 0.198. The molecule has 0 aliphatic heterocycles. The molecule has 0 bridgehead atoms. The van der Waals surface area contributed by atoms with Crippen molar-refractivity contribution in [3.63, 3.8) is 0 Å². The molecule has 6 rings (SSSR count). The number of allylic oxidation sites excluding steroid dienone is 3. The van der Waals surface area contributed by atoms with E-state index >= 15 is 0 Å². The van der Waals surface area contributed by atoms with Crippen LogP contribution in [0.4, 0.5) is 0 Å². The van der Waals surface area contributed by atoms with Crippen LogP contribution in [-0.2, 0) is 9.59 Å². The van der Waals surface area contributed by atoms with Crippen LogP contribution < -0.4 is 5.32 Å². The highest BCUT2D eigenvalue weighted by molar-refractivity contribution is 6.30. The molecule has 2 aromatic carbocycles. The molecule has 0 heterocycles. The number of fused-ring (bicyclic) bond motifs is 5. The van der Waals surface area contributed by atoms with E-state index in [2.05, 4.69) is 25.2 Å². The summed E-state index contributed by atoms with van der Waals surface area (Å²) in [5.74, 6) is -0.105. The average Bonchev–Trinajstić information content (AvgIpc) is 3.33. The minimum Gasteiger partial charge on any atom is -0.478 e. The lowest BCUT2D eigenvalue weighted by Gasteiger charge is -2.56. The number of carboxylic acids is 1. The summed E-state index contributed by atoms with van der Waals surface area (Å²) in [7, 11) is 0. The van der Waals surface area contributed by atoms with Gasteiger partial charge in [-0.15, -0.1) is 0 Å². The van der Waals surface area contributed by atoms with E-state index in [9.17, 15) is 14.7 Å². The van der Waals surface area contributed by atoms with Crippen LogP contribution in [0.3, 0.4) is 0 Å². The Morgan fingerprint density at radius 3 is 2.41 bits per heavy atom. The summed E-state index contributed by atoms with van der Waals surface area (Å²) in [5.41, 5.74) is 3.44. The first-order chi connectivity index (χ1) is 18.7. The fourth-order valence-electron chi connectivity index (χ4n) is 8.75. The molecule has 2 N–H and O–H groups in total. The summed E-state index contributed by atoms with van der Waals surface area (Å²) in [6.07, 6.45) is 12.1. The third-order valence-electron chi connectivity index (χ3n) is 10.8. The summed E-state index contributed by atoms with van der Waals surface area (Å²) >= 11 is 6.16. The fourth-order valence-corrected chi connectivity index (χ4v) is 8.88. The number of hydrogen-bond acceptors (Lipinski definition) is 2. The summed E-state index contributed by atoms with van der Waals surface area (Å²) in [4.78, 5) is 26.6. The van der Waals surface area contributed by atoms with Crippen molar-refractivity contribution in [2.45, 2.75) is 64.8 Å². The van der Waals surface area contributed by atoms with Crippen molar-refractivity contribution in [1.82, 2.24) is 5.32 Å². The quantitative estimate of drug-likeness (QED) is 0.405. The third kappa shape index (κ3) is 4.55. The molecular formula is C34H38ClNO3. The number of carbonyl (C=O) groups is 2. The standard InChI is InChI=1S/C34H38ClNO3/c1-33-17-6-9-28(33)25-15-12-23-19-26(32(38)39)27(20-34(23,2)29(25)16-18-33)31(37)36-30(21-7-4-3-5-8-21)22-10-13-24(35)14-11-22/h3-5,7-8,10-14,19,25,27-30H,6,9,15-18,20H2,1-2H3,(H,36,37)(H,38,39)/t25-,27?,28-,29-,30?,33-,34-/m0/s1. The molecule has 0 radical (unpaired) electrons. The number of nitrogens with one attached hydrogen (secondary N) is 1. The molecule has 2 saturated carbocycles. The number of halogens is 1. The minimum atomic E-state index is -1.00. The Hall–Kier alpha value is -2.85. The van der Waals surface area contributed by atoms with Gasteiger partial charge in [0.05, 0.1) is 12.0 Å². The zero-order valence-electron chi connectivity index (χ0n) is 22.8. The second-order valence-corrected chi connectivity index (χ2v) is 13.3. The first-order valence-electron chi connectivity index (χ1n) is 14.5. The Balaban J connectivity index is 1.33. The normalized spacial score (nSPS) is 34.0. The maximum atomic E-state index is 14.1. The van der Waals surface area contributed by atoms with Crippen LogP contribution in [-0.4, -0.2) is 17.0 Å². The smallest absolute Gasteiger partial charge is 0.332 e. The number of hydrogen-bond donors (Lipinski definition) is 2. The van der Waals surface area contributed by atoms with Gasteiger partial charge in [-0.25, -0.2) is 4.79 Å². The van der Waals surface area contributed by atoms with Gasteiger partial charge in [-0.3, -0.25) is 4.79 Å². The third-order valence-corrected chi connectivity index (χ3v) is 11.1. The van der Waals surface area contributed by atoms with E-state index in [1.165, 1.54) is 25.7 Å². The Labute approximate surface area is 236 Å². The second kappa shape index (κ2) is 9.96. The lowest BCUT2D eigenvalue weighted by molar-refractivity contribution is -0.137. The molecule has 2 aromatic rings. The van der Waals surface area contributed by atoms with Crippen molar-refractivity contribution in [2.75, 3.05) is 0 Å². The molecule has 0 spiro atoms. The van der Waals surface area contributed by atoms with Gasteiger partial charge in [0.25, 0.3) is 0 Å². The molecule has 0 aromatic heterocycles. The van der Waals surface area contributed by atoms with Crippen molar-refractivity contribution < 1.29 is 14.7 Å². The summed E-state index contributed by atoms with van der Waals surface area (Å²) < 4.78 is 0. The van der Waals surface area contributed by atoms with Crippen LogP contribution in [0.15, 0.2) is 77.9 Å². The largest absolute Gasteiger partial charge is 0.478 e. The van der Waals surface area contributed by atoms with Crippen molar-refractivity contribution in [1.29, 1.82) is 0 Å². The van der Waals surface area contributed by atoms with Crippen LogP contribution in [0, 0.1) is 34.5 Å². The van der Waals surface area contributed by atoms with Crippen molar-refractivity contribution in [2.24, 2.45) is 34.5 Å². The van der Waals surface area contributed by atoms with Gasteiger partial charge in [0.1, 0.15) is 0 Å². The molecule has 4 aliphatic carbocycles. The predicted molar refractivity (Wildman–Crippen MR) is 154 cm³/mol. The topological polar surface area (TPSA) is 66.4 Å². The molecule has 204 valence electrons. The van der Waals surface area contributed by atoms with Crippen molar-refractivity contribution in [3.05, 3.63) is 94.0 Å². The van der Waals surface area contributed by atoms with Gasteiger partial charge in [-0.1, -0.05) is 80.4 Å². The van der Waals surface area contributed by atoms with E-state index in [0.717, 1.165) is 35.5 Å². The monoisotopic (exact) mass is 543 g/mol. The number of carboxylic acid groups (broad SMARTS) is 1. The van der Waals surface area contributed by atoms with Gasteiger partial charge in [0.2, 0.25) is 5.91 Å². The van der Waals surface area contributed by atoms with Gasteiger partial charge >= 0.3 is 5.97 Å². The summed E-state index contributed by atoms with van der Waals surface area (Å²) in [6, 6.07) is 16.9. The van der Waals surface area contributed by atoms with Gasteiger partial charge in [-0.05, 0) is 102 Å². The maximum absolute atomic E-state index is 14.1. The Morgan fingerprint density at radius 1 is 0.974 bits per heavy atom. The van der Waals surface area contributed by atoms with Gasteiger partial charge in [-0.2, -0.15) is 0 Å². The van der Waals surface area contributed by atoms with E-state index in [1.807, 2.05) is 60.7 Å². The van der Waals surface area contributed by atoms with Gasteiger partial charge < -0.3 is 10.4 Å². The molecule has 4 aliphatic rings. The molecule has 0 saturated heterocycles. The molecule has 5 heteroatoms. The molecule has 2 unspecified atom stereocenters. The Bertz CT molecular complexity index is 1330. The number of carbonyl (C=O) groups excluding carboxylic acids is 1. The molecule has 1 amide bonds. The van der Waals surface area contributed by atoms with Crippen LogP contribution in [0.25, 0.3) is 0 Å². The lowest BCUT2D eigenvalue weighted by atomic mass is 9.48. The summed E-state index contributed by atoms with van der Waals surface area (Å²) in [5, 5.41) is 14.1. The summed E-state index contributed by atoms with van der Waals surface area (Å²) in [6.45, 7) is 4.79. The van der Waals surface area contributed by atoms with E-state index < -0.39 is 17.9 Å². The van der Waals surface area contributed by atoms with Gasteiger partial charge in [0.15, 0.2) is 0 Å². The number of benzene rings is 2. The van der Waals surface area contributed by atoms with Crippen molar-refractivity contribution >= 4 is 23.5 Å².